The zero-order chi connectivity index (χ0) is 13.5. The molecule has 104 valence electrons. The van der Waals surface area contributed by atoms with Gasteiger partial charge in [0, 0.05) is 38.8 Å². The normalized spacial score (nSPS) is 16.4. The number of hydrogen-bond donors (Lipinski definition) is 0. The van der Waals surface area contributed by atoms with Gasteiger partial charge in [-0.2, -0.15) is 0 Å². The van der Waals surface area contributed by atoms with Gasteiger partial charge in [-0.3, -0.25) is 9.78 Å². The van der Waals surface area contributed by atoms with E-state index in [1.54, 1.807) is 12.4 Å². The van der Waals surface area contributed by atoms with Crippen molar-refractivity contribution in [1.29, 1.82) is 0 Å². The van der Waals surface area contributed by atoms with Gasteiger partial charge < -0.3 is 14.5 Å². The Labute approximate surface area is 114 Å². The Hall–Kier alpha value is -1.62. The highest BCUT2D eigenvalue weighted by atomic mass is 16.5. The zero-order valence-corrected chi connectivity index (χ0v) is 11.4. The molecule has 0 saturated carbocycles. The first-order valence-electron chi connectivity index (χ1n) is 6.75. The van der Waals surface area contributed by atoms with E-state index in [2.05, 4.69) is 16.9 Å². The average molecular weight is 263 g/mol. The van der Waals surface area contributed by atoms with Gasteiger partial charge in [-0.25, -0.2) is 0 Å². The lowest BCUT2D eigenvalue weighted by molar-refractivity contribution is -0.133. The van der Waals surface area contributed by atoms with Crippen LogP contribution in [0, 0.1) is 0 Å². The van der Waals surface area contributed by atoms with Crippen LogP contribution in [0.1, 0.15) is 12.8 Å². The third kappa shape index (κ3) is 4.52. The minimum absolute atomic E-state index is 0.239. The summed E-state index contributed by atoms with van der Waals surface area (Å²) in [6.07, 6.45) is 4.70. The molecule has 0 bridgehead atoms. The van der Waals surface area contributed by atoms with Gasteiger partial charge in [-0.05, 0) is 25.6 Å². The van der Waals surface area contributed by atoms with E-state index in [0.29, 0.717) is 13.0 Å². The fourth-order valence-corrected chi connectivity index (χ4v) is 2.06. The summed E-state index contributed by atoms with van der Waals surface area (Å²) < 4.78 is 5.52. The fourth-order valence-electron chi connectivity index (χ4n) is 2.06. The minimum atomic E-state index is 0.239. The Balaban J connectivity index is 1.61. The van der Waals surface area contributed by atoms with Crippen LogP contribution in [0.25, 0.3) is 0 Å². The van der Waals surface area contributed by atoms with Crippen LogP contribution in [0.3, 0.4) is 0 Å². The molecule has 0 unspecified atom stereocenters. The van der Waals surface area contributed by atoms with Crippen LogP contribution in [0.15, 0.2) is 24.5 Å². The first kappa shape index (κ1) is 13.8. The Morgan fingerprint density at radius 1 is 1.37 bits per heavy atom. The van der Waals surface area contributed by atoms with Crippen molar-refractivity contribution in [2.45, 2.75) is 12.8 Å². The van der Waals surface area contributed by atoms with Crippen LogP contribution in [0.2, 0.25) is 0 Å². The molecule has 0 radical (unpaired) electrons. The highest BCUT2D eigenvalue weighted by Crippen LogP contribution is 2.08. The first-order chi connectivity index (χ1) is 9.25. The summed E-state index contributed by atoms with van der Waals surface area (Å²) in [4.78, 5) is 20.1. The molecule has 19 heavy (non-hydrogen) atoms. The number of hydrogen-bond acceptors (Lipinski definition) is 4. The summed E-state index contributed by atoms with van der Waals surface area (Å²) in [7, 11) is 2.09. The van der Waals surface area contributed by atoms with E-state index in [1.165, 1.54) is 0 Å². The largest absolute Gasteiger partial charge is 0.492 e. The van der Waals surface area contributed by atoms with Gasteiger partial charge in [0.15, 0.2) is 0 Å². The van der Waals surface area contributed by atoms with Crippen LogP contribution in [-0.4, -0.2) is 60.5 Å². The molecular weight excluding hydrogens is 242 g/mol. The number of aromatic nitrogens is 1. The number of piperazine rings is 1. The lowest BCUT2D eigenvalue weighted by Crippen LogP contribution is -2.47. The second-order valence-corrected chi connectivity index (χ2v) is 4.82. The maximum absolute atomic E-state index is 12.0. The number of rotatable bonds is 5. The number of carbonyl (C=O) groups excluding carboxylic acids is 1. The summed E-state index contributed by atoms with van der Waals surface area (Å²) >= 11 is 0. The van der Waals surface area contributed by atoms with Crippen molar-refractivity contribution < 1.29 is 9.53 Å². The second-order valence-electron chi connectivity index (χ2n) is 4.82. The van der Waals surface area contributed by atoms with Gasteiger partial charge in [-0.1, -0.05) is 0 Å². The van der Waals surface area contributed by atoms with Crippen molar-refractivity contribution in [2.24, 2.45) is 0 Å². The third-order valence-corrected chi connectivity index (χ3v) is 3.29. The van der Waals surface area contributed by atoms with E-state index in [0.717, 1.165) is 38.3 Å². The van der Waals surface area contributed by atoms with Crippen molar-refractivity contribution in [1.82, 2.24) is 14.8 Å². The molecule has 1 aromatic rings. The van der Waals surface area contributed by atoms with Gasteiger partial charge in [0.05, 0.1) is 12.8 Å². The molecule has 0 aromatic carbocycles. The van der Waals surface area contributed by atoms with E-state index in [-0.39, 0.29) is 5.91 Å². The third-order valence-electron chi connectivity index (χ3n) is 3.29. The number of ether oxygens (including phenoxy) is 1. The number of likely N-dealkylation sites (N-methyl/N-ethyl adjacent to an activating group) is 1. The second kappa shape index (κ2) is 7.09. The molecule has 1 aliphatic heterocycles. The topological polar surface area (TPSA) is 45.7 Å². The zero-order valence-electron chi connectivity index (χ0n) is 11.4. The van der Waals surface area contributed by atoms with Crippen LogP contribution in [0.5, 0.6) is 5.75 Å². The number of nitrogens with zero attached hydrogens (tertiary/aromatic N) is 3. The van der Waals surface area contributed by atoms with Crippen molar-refractivity contribution in [3.8, 4) is 5.75 Å². The lowest BCUT2D eigenvalue weighted by atomic mass is 10.2. The average Bonchev–Trinajstić information content (AvgIpc) is 2.45. The summed E-state index contributed by atoms with van der Waals surface area (Å²) in [5.74, 6) is 0.998. The van der Waals surface area contributed by atoms with E-state index in [9.17, 15) is 4.79 Å². The van der Waals surface area contributed by atoms with Crippen molar-refractivity contribution in [3.05, 3.63) is 24.5 Å². The smallest absolute Gasteiger partial charge is 0.222 e. The minimum Gasteiger partial charge on any atom is -0.492 e. The molecule has 5 nitrogen and oxygen atoms in total. The Morgan fingerprint density at radius 3 is 2.84 bits per heavy atom. The molecule has 5 heteroatoms. The van der Waals surface area contributed by atoms with Gasteiger partial charge >= 0.3 is 0 Å². The Kier molecular flexibility index (Phi) is 5.15. The van der Waals surface area contributed by atoms with Crippen LogP contribution in [0.4, 0.5) is 0 Å². The van der Waals surface area contributed by atoms with Crippen LogP contribution in [-0.2, 0) is 4.79 Å². The maximum Gasteiger partial charge on any atom is 0.222 e. The monoisotopic (exact) mass is 263 g/mol. The van der Waals surface area contributed by atoms with Crippen LogP contribution < -0.4 is 4.74 Å². The Bertz CT molecular complexity index is 389. The SMILES string of the molecule is CN1CCN(C(=O)CCCOc2cccnc2)CC1. The number of pyridine rings is 1. The number of carbonyl (C=O) groups is 1. The van der Waals surface area contributed by atoms with E-state index < -0.39 is 0 Å². The molecule has 1 aliphatic rings. The fraction of sp³-hybridized carbons (Fsp3) is 0.571. The molecule has 1 fully saturated rings. The van der Waals surface area contributed by atoms with E-state index in [4.69, 9.17) is 4.74 Å². The maximum atomic E-state index is 12.0. The quantitative estimate of drug-likeness (QED) is 0.744. The molecule has 1 saturated heterocycles. The molecule has 2 heterocycles. The van der Waals surface area contributed by atoms with Crippen molar-refractivity contribution in [2.75, 3.05) is 39.8 Å². The molecule has 0 N–H and O–H groups in total. The summed E-state index contributed by atoms with van der Waals surface area (Å²) in [5.41, 5.74) is 0. The van der Waals surface area contributed by atoms with E-state index >= 15 is 0 Å². The predicted octanol–water partition coefficient (Wildman–Crippen LogP) is 1.01. The molecule has 1 aromatic heterocycles. The van der Waals surface area contributed by atoms with Crippen LogP contribution >= 0.6 is 0 Å². The predicted molar refractivity (Wildman–Crippen MR) is 73.0 cm³/mol. The molecule has 0 spiro atoms. The van der Waals surface area contributed by atoms with E-state index in [1.807, 2.05) is 17.0 Å². The van der Waals surface area contributed by atoms with Gasteiger partial charge in [-0.15, -0.1) is 0 Å². The molecule has 0 aliphatic carbocycles. The highest BCUT2D eigenvalue weighted by Gasteiger charge is 2.18. The Morgan fingerprint density at radius 2 is 2.16 bits per heavy atom. The summed E-state index contributed by atoms with van der Waals surface area (Å²) in [6.45, 7) is 4.19. The van der Waals surface area contributed by atoms with Gasteiger partial charge in [0.2, 0.25) is 5.91 Å². The van der Waals surface area contributed by atoms with Gasteiger partial charge in [0.25, 0.3) is 0 Å². The summed E-state index contributed by atoms with van der Waals surface area (Å²) in [5, 5.41) is 0. The van der Waals surface area contributed by atoms with Gasteiger partial charge in [0.1, 0.15) is 5.75 Å². The first-order valence-corrected chi connectivity index (χ1v) is 6.75. The lowest BCUT2D eigenvalue weighted by Gasteiger charge is -2.32. The summed E-state index contributed by atoms with van der Waals surface area (Å²) in [6, 6.07) is 3.71. The number of amides is 1. The molecule has 1 amide bonds. The van der Waals surface area contributed by atoms with Crippen molar-refractivity contribution in [3.63, 3.8) is 0 Å². The molecular formula is C14H21N3O2. The highest BCUT2D eigenvalue weighted by molar-refractivity contribution is 5.76. The molecule has 2 rings (SSSR count). The van der Waals surface area contributed by atoms with Crippen molar-refractivity contribution >= 4 is 5.91 Å². The molecule has 0 atom stereocenters. The standard InChI is InChI=1S/C14H21N3O2/c1-16-7-9-17(10-8-16)14(18)5-3-11-19-13-4-2-6-15-12-13/h2,4,6,12H,3,5,7-11H2,1H3.